The highest BCUT2D eigenvalue weighted by Crippen LogP contribution is 2.33. The minimum absolute atomic E-state index is 0.0385. The molecule has 0 spiro atoms. The van der Waals surface area contributed by atoms with E-state index in [-0.39, 0.29) is 36.2 Å². The van der Waals surface area contributed by atoms with Crippen LogP contribution in [0.2, 0.25) is 0 Å². The second kappa shape index (κ2) is 12.4. The fraction of sp³-hybridized carbons (Fsp3) is 0.323. The van der Waals surface area contributed by atoms with Gasteiger partial charge in [0, 0.05) is 56.4 Å². The maximum absolute atomic E-state index is 14.9. The molecule has 0 aliphatic carbocycles. The van der Waals surface area contributed by atoms with Gasteiger partial charge in [-0.25, -0.2) is 9.18 Å². The number of pyridine rings is 1. The van der Waals surface area contributed by atoms with Crippen molar-refractivity contribution in [1.29, 1.82) is 0 Å². The van der Waals surface area contributed by atoms with E-state index in [2.05, 4.69) is 20.5 Å². The molecule has 4 amide bonds. The monoisotopic (exact) mass is 639 g/mol. The second-order valence-electron chi connectivity index (χ2n) is 11.2. The highest BCUT2D eigenvalue weighted by molar-refractivity contribution is 6.06. The number of hydrogen-bond acceptors (Lipinski definition) is 7. The molecule has 2 aromatic carbocycles. The number of alkyl halides is 3. The minimum Gasteiger partial charge on any atom is -0.494 e. The average Bonchev–Trinajstić information content (AvgIpc) is 3.44. The Labute approximate surface area is 260 Å². The lowest BCUT2D eigenvalue weighted by molar-refractivity contribution is -0.141. The Morgan fingerprint density at radius 1 is 1.09 bits per heavy atom. The van der Waals surface area contributed by atoms with Crippen LogP contribution in [-0.2, 0) is 17.5 Å². The van der Waals surface area contributed by atoms with Gasteiger partial charge in [-0.1, -0.05) is 6.07 Å². The van der Waals surface area contributed by atoms with Crippen LogP contribution in [0.1, 0.15) is 46.9 Å². The molecule has 4 aromatic rings. The number of aromatic nitrogens is 3. The van der Waals surface area contributed by atoms with Gasteiger partial charge < -0.3 is 10.1 Å². The quantitative estimate of drug-likeness (QED) is 0.269. The standard InChI is InChI=1S/C31H29F4N7O4/c1-46-26-14-23-20(13-24(26)37-29(44)19-3-5-27(36-15-19)31(33,34)35)17-42(39-23)21-6-9-40(10-7-21)16-18-2-4-25(22(32)12-18)41-11-8-28(43)38-30(41)45/h2-5,12-15,17,21H,6-11,16H2,1H3,(H,37,44)(H,38,43,45). The summed E-state index contributed by atoms with van der Waals surface area (Å²) in [6.07, 6.45) is -0.161. The first-order valence-corrected chi connectivity index (χ1v) is 14.5. The molecular weight excluding hydrogens is 610 g/mol. The largest absolute Gasteiger partial charge is 0.494 e. The number of ether oxygens (including phenoxy) is 1. The van der Waals surface area contributed by atoms with Gasteiger partial charge >= 0.3 is 12.2 Å². The van der Waals surface area contributed by atoms with E-state index in [0.717, 1.165) is 55.2 Å². The fourth-order valence-electron chi connectivity index (χ4n) is 5.68. The van der Waals surface area contributed by atoms with E-state index in [1.807, 2.05) is 10.9 Å². The molecule has 2 N–H and O–H groups in total. The number of amides is 4. The van der Waals surface area contributed by atoms with E-state index < -0.39 is 29.6 Å². The summed E-state index contributed by atoms with van der Waals surface area (Å²) in [5.74, 6) is -1.20. The molecule has 11 nitrogen and oxygen atoms in total. The molecule has 46 heavy (non-hydrogen) atoms. The summed E-state index contributed by atoms with van der Waals surface area (Å²) in [5.41, 5.74) is 0.760. The van der Waals surface area contributed by atoms with E-state index in [0.29, 0.717) is 23.5 Å². The van der Waals surface area contributed by atoms with Gasteiger partial charge in [0.15, 0.2) is 0 Å². The van der Waals surface area contributed by atoms with Crippen molar-refractivity contribution in [3.63, 3.8) is 0 Å². The molecule has 0 atom stereocenters. The van der Waals surface area contributed by atoms with Crippen molar-refractivity contribution in [2.45, 2.75) is 38.0 Å². The first-order chi connectivity index (χ1) is 22.0. The Morgan fingerprint density at radius 3 is 2.52 bits per heavy atom. The molecule has 2 aromatic heterocycles. The molecular formula is C31H29F4N7O4. The normalized spacial score (nSPS) is 16.5. The van der Waals surface area contributed by atoms with Crippen molar-refractivity contribution in [3.05, 3.63) is 77.5 Å². The Kier molecular flexibility index (Phi) is 8.34. The zero-order valence-electron chi connectivity index (χ0n) is 24.6. The van der Waals surface area contributed by atoms with E-state index in [1.165, 1.54) is 18.1 Å². The second-order valence-corrected chi connectivity index (χ2v) is 11.2. The van der Waals surface area contributed by atoms with E-state index >= 15 is 0 Å². The number of benzene rings is 2. The van der Waals surface area contributed by atoms with Gasteiger partial charge in [0.2, 0.25) is 5.91 Å². The van der Waals surface area contributed by atoms with Gasteiger partial charge in [-0.05, 0) is 48.7 Å². The smallest absolute Gasteiger partial charge is 0.433 e. The number of rotatable bonds is 7. The van der Waals surface area contributed by atoms with Crippen LogP contribution in [0.3, 0.4) is 0 Å². The summed E-state index contributed by atoms with van der Waals surface area (Å²) < 4.78 is 60.8. The van der Waals surface area contributed by atoms with Gasteiger partial charge in [0.25, 0.3) is 5.91 Å². The summed E-state index contributed by atoms with van der Waals surface area (Å²) in [4.78, 5) is 43.1. The number of piperidine rings is 1. The highest BCUT2D eigenvalue weighted by Gasteiger charge is 2.32. The lowest BCUT2D eigenvalue weighted by Gasteiger charge is -2.32. The summed E-state index contributed by atoms with van der Waals surface area (Å²) >= 11 is 0. The SMILES string of the molecule is COc1cc2nn(C3CCN(Cc4ccc(N5CCC(=O)NC5=O)c(F)c4)CC3)cc2cc1NC(=O)c1ccc(C(F)(F)F)nc1. The van der Waals surface area contributed by atoms with Gasteiger partial charge in [0.1, 0.15) is 17.3 Å². The maximum atomic E-state index is 14.9. The number of hydrogen-bond donors (Lipinski definition) is 2. The fourth-order valence-corrected chi connectivity index (χ4v) is 5.68. The molecule has 2 aliphatic heterocycles. The zero-order valence-corrected chi connectivity index (χ0v) is 24.6. The molecule has 0 unspecified atom stereocenters. The van der Waals surface area contributed by atoms with E-state index in [1.54, 1.807) is 24.3 Å². The van der Waals surface area contributed by atoms with Crippen molar-refractivity contribution in [2.24, 2.45) is 0 Å². The van der Waals surface area contributed by atoms with Crippen LogP contribution in [0.15, 0.2) is 54.9 Å². The van der Waals surface area contributed by atoms with Crippen molar-refractivity contribution in [2.75, 3.05) is 37.0 Å². The lowest BCUT2D eigenvalue weighted by atomic mass is 10.0. The summed E-state index contributed by atoms with van der Waals surface area (Å²) in [6.45, 7) is 2.14. The molecule has 15 heteroatoms. The molecule has 0 bridgehead atoms. The van der Waals surface area contributed by atoms with Gasteiger partial charge in [0.05, 0.1) is 35.6 Å². The van der Waals surface area contributed by atoms with Crippen LogP contribution in [-0.4, -0.2) is 64.3 Å². The molecule has 0 saturated carbocycles. The van der Waals surface area contributed by atoms with Crippen molar-refractivity contribution in [3.8, 4) is 5.75 Å². The zero-order chi connectivity index (χ0) is 32.6. The number of carbonyl (C=O) groups excluding carboxylic acids is 3. The van der Waals surface area contributed by atoms with Crippen LogP contribution in [0.4, 0.5) is 33.7 Å². The number of halogens is 4. The van der Waals surface area contributed by atoms with Crippen LogP contribution < -0.4 is 20.3 Å². The summed E-state index contributed by atoms with van der Waals surface area (Å²) in [6, 6.07) is 9.43. The lowest BCUT2D eigenvalue weighted by Crippen LogP contribution is -2.49. The summed E-state index contributed by atoms with van der Waals surface area (Å²) in [7, 11) is 1.44. The van der Waals surface area contributed by atoms with Crippen LogP contribution >= 0.6 is 0 Å². The van der Waals surface area contributed by atoms with Gasteiger partial charge in [-0.15, -0.1) is 0 Å². The number of anilines is 2. The molecule has 2 aliphatic rings. The van der Waals surface area contributed by atoms with Crippen molar-refractivity contribution in [1.82, 2.24) is 25.0 Å². The first kappa shape index (κ1) is 31.0. The van der Waals surface area contributed by atoms with E-state index in [4.69, 9.17) is 9.84 Å². The summed E-state index contributed by atoms with van der Waals surface area (Å²) in [5, 5.41) is 10.3. The van der Waals surface area contributed by atoms with Gasteiger partial charge in [-0.2, -0.15) is 18.3 Å². The van der Waals surface area contributed by atoms with Crippen LogP contribution in [0.5, 0.6) is 5.75 Å². The molecule has 240 valence electrons. The predicted octanol–water partition coefficient (Wildman–Crippen LogP) is 5.13. The minimum atomic E-state index is -4.61. The third-order valence-electron chi connectivity index (χ3n) is 8.10. The number of likely N-dealkylation sites (tertiary alicyclic amines) is 1. The predicted molar refractivity (Wildman–Crippen MR) is 159 cm³/mol. The third-order valence-corrected chi connectivity index (χ3v) is 8.10. The number of fused-ring (bicyclic) bond motifs is 1. The molecule has 0 radical (unpaired) electrons. The maximum Gasteiger partial charge on any atom is 0.433 e. The van der Waals surface area contributed by atoms with Crippen LogP contribution in [0, 0.1) is 5.82 Å². The number of nitrogens with zero attached hydrogens (tertiary/aromatic N) is 5. The number of methoxy groups -OCH3 is 1. The van der Waals surface area contributed by atoms with Crippen molar-refractivity contribution >= 4 is 40.1 Å². The Bertz CT molecular complexity index is 1800. The van der Waals surface area contributed by atoms with E-state index in [9.17, 15) is 31.9 Å². The molecule has 2 saturated heterocycles. The Hall–Kier alpha value is -5.05. The Morgan fingerprint density at radius 2 is 1.87 bits per heavy atom. The molecule has 4 heterocycles. The third kappa shape index (κ3) is 6.49. The Balaban J connectivity index is 1.09. The molecule has 6 rings (SSSR count). The number of imide groups is 1. The number of urea groups is 1. The average molecular weight is 640 g/mol. The molecule has 2 fully saturated rings. The van der Waals surface area contributed by atoms with Gasteiger partial charge in [-0.3, -0.25) is 34.4 Å². The number of nitrogens with one attached hydrogen (secondary N) is 2. The topological polar surface area (TPSA) is 122 Å². The van der Waals surface area contributed by atoms with Crippen LogP contribution in [0.25, 0.3) is 10.9 Å². The first-order valence-electron chi connectivity index (χ1n) is 14.5. The number of carbonyl (C=O) groups is 3. The van der Waals surface area contributed by atoms with Crippen molar-refractivity contribution < 1.29 is 36.7 Å². The highest BCUT2D eigenvalue weighted by atomic mass is 19.4.